The third-order valence-corrected chi connectivity index (χ3v) is 8.93. The zero-order chi connectivity index (χ0) is 31.9. The molecule has 3 aromatic carbocycles. The average Bonchev–Trinajstić information content (AvgIpc) is 2.93. The Bertz CT molecular complexity index is 1520. The zero-order valence-electron chi connectivity index (χ0n) is 21.3. The van der Waals surface area contributed by atoms with Crippen LogP contribution >= 0.6 is 35.0 Å². The fourth-order valence-corrected chi connectivity index (χ4v) is 6.36. The number of fused-ring (bicyclic) bond motifs is 1. The van der Waals surface area contributed by atoms with E-state index in [1.165, 1.54) is 12.1 Å². The van der Waals surface area contributed by atoms with Gasteiger partial charge in [0, 0.05) is 40.7 Å². The number of hydrogen-bond acceptors (Lipinski definition) is 6. The Balaban J connectivity index is 1.87. The Morgan fingerprint density at radius 2 is 1.28 bits per heavy atom. The summed E-state index contributed by atoms with van der Waals surface area (Å²) in [5, 5.41) is 24.6. The highest BCUT2D eigenvalue weighted by atomic mass is 35.5. The lowest BCUT2D eigenvalue weighted by molar-refractivity contribution is -0.247. The van der Waals surface area contributed by atoms with Crippen molar-refractivity contribution in [3.8, 4) is 0 Å². The van der Waals surface area contributed by atoms with Crippen molar-refractivity contribution in [1.82, 2.24) is 0 Å². The topological polar surface area (TPSA) is 104 Å². The molecule has 0 aliphatic carbocycles. The molecule has 7 nitrogen and oxygen atoms in total. The molecule has 0 spiro atoms. The van der Waals surface area contributed by atoms with Crippen molar-refractivity contribution in [3.05, 3.63) is 87.4 Å². The van der Waals surface area contributed by atoms with Gasteiger partial charge >= 0.3 is 12.4 Å². The van der Waals surface area contributed by atoms with E-state index >= 15 is 0 Å². The summed E-state index contributed by atoms with van der Waals surface area (Å²) >= 11 is 13.2. The lowest BCUT2D eigenvalue weighted by atomic mass is 9.79. The summed E-state index contributed by atoms with van der Waals surface area (Å²) < 4.78 is 80.4. The lowest BCUT2D eigenvalue weighted by Crippen LogP contribution is -2.58. The third kappa shape index (κ3) is 6.65. The molecule has 3 aromatic rings. The summed E-state index contributed by atoms with van der Waals surface area (Å²) in [7, 11) is 0. The first-order valence-electron chi connectivity index (χ1n) is 11.9. The molecule has 228 valence electrons. The molecule has 0 atom stereocenters. The Labute approximate surface area is 253 Å². The number of alkyl halides is 6. The van der Waals surface area contributed by atoms with Crippen LogP contribution in [0.3, 0.4) is 0 Å². The Morgan fingerprint density at radius 1 is 0.814 bits per heavy atom. The van der Waals surface area contributed by atoms with E-state index < -0.39 is 77.1 Å². The van der Waals surface area contributed by atoms with Crippen LogP contribution in [0, 0.1) is 5.41 Å². The van der Waals surface area contributed by atoms with Crippen LogP contribution in [-0.2, 0) is 12.4 Å². The van der Waals surface area contributed by atoms with E-state index in [1.807, 2.05) is 0 Å². The van der Waals surface area contributed by atoms with E-state index in [4.69, 9.17) is 23.2 Å². The average molecular weight is 665 g/mol. The van der Waals surface area contributed by atoms with Crippen LogP contribution in [0.5, 0.6) is 0 Å². The van der Waals surface area contributed by atoms with Gasteiger partial charge in [0.1, 0.15) is 12.2 Å². The van der Waals surface area contributed by atoms with Crippen molar-refractivity contribution in [1.29, 1.82) is 0 Å². The first kappa shape index (κ1) is 32.3. The van der Waals surface area contributed by atoms with E-state index in [2.05, 4.69) is 0 Å². The van der Waals surface area contributed by atoms with Gasteiger partial charge in [0.15, 0.2) is 5.78 Å². The van der Waals surface area contributed by atoms with Gasteiger partial charge in [-0.1, -0.05) is 35.3 Å². The predicted octanol–water partition coefficient (Wildman–Crippen LogP) is 6.01. The molecule has 43 heavy (non-hydrogen) atoms. The number of anilines is 2. The minimum absolute atomic E-state index is 0.0320. The van der Waals surface area contributed by atoms with Crippen LogP contribution in [0.15, 0.2) is 65.6 Å². The zero-order valence-corrected chi connectivity index (χ0v) is 23.6. The quantitative estimate of drug-likeness (QED) is 0.299. The summed E-state index contributed by atoms with van der Waals surface area (Å²) in [5.74, 6) is -1.30. The van der Waals surface area contributed by atoms with Gasteiger partial charge in [-0.3, -0.25) is 4.79 Å². The summed E-state index contributed by atoms with van der Waals surface area (Å²) in [4.78, 5) is 39.5. The highest BCUT2D eigenvalue weighted by Gasteiger charge is 2.47. The minimum Gasteiger partial charge on any atom is -0.530 e. The van der Waals surface area contributed by atoms with E-state index in [0.717, 1.165) is 36.0 Å². The predicted molar refractivity (Wildman–Crippen MR) is 142 cm³/mol. The lowest BCUT2D eigenvalue weighted by Gasteiger charge is -2.44. The molecule has 0 fully saturated rings. The molecule has 16 heteroatoms. The van der Waals surface area contributed by atoms with E-state index in [1.54, 1.807) is 0 Å². The van der Waals surface area contributed by atoms with E-state index in [-0.39, 0.29) is 20.5 Å². The maximum Gasteiger partial charge on any atom is 0.416 e. The number of carboxylic acid groups (broad SMARTS) is 2. The van der Waals surface area contributed by atoms with Gasteiger partial charge in [0.05, 0.1) is 26.6 Å². The maximum absolute atomic E-state index is 14.1. The molecule has 0 aromatic heterocycles. The summed E-state index contributed by atoms with van der Waals surface area (Å²) in [5.41, 5.74) is -5.76. The number of halogens is 8. The van der Waals surface area contributed by atoms with E-state index in [9.17, 15) is 50.9 Å². The molecular weight excluding hydrogens is 649 g/mol. The summed E-state index contributed by atoms with van der Waals surface area (Å²) in [6.07, 6.45) is -13.8. The molecule has 0 radical (unpaired) electrons. The molecule has 2 amide bonds. The highest BCUT2D eigenvalue weighted by Crippen LogP contribution is 2.47. The fraction of sp³-hybridized carbons (Fsp3) is 0.222. The standard InChI is InChI=1S/C27H18Cl2F6N2O5S/c28-19-8-7-18-21(20(19)29)43-13-25(22(18)38,11-36(23(39)40)16-5-1-3-14(9-16)26(30,31)32)12-37(24(41)42)17-6-2-4-15(10-17)27(33,34)35/h1-10H,11-13H2,(H,39,40)(H,41,42)/p-2. The number of amides is 2. The van der Waals surface area contributed by atoms with Gasteiger partial charge in [0.25, 0.3) is 0 Å². The molecule has 0 bridgehead atoms. The first-order chi connectivity index (χ1) is 19.9. The molecular formula is C27H16Cl2F6N2O5S-2. The molecule has 1 aliphatic rings. The number of thioether (sulfide) groups is 1. The van der Waals surface area contributed by atoms with Crippen LogP contribution in [0.4, 0.5) is 47.3 Å². The van der Waals surface area contributed by atoms with Crippen LogP contribution in [0.25, 0.3) is 0 Å². The number of benzene rings is 3. The molecule has 0 saturated carbocycles. The number of ketones is 1. The van der Waals surface area contributed by atoms with Crippen molar-refractivity contribution in [2.45, 2.75) is 17.2 Å². The SMILES string of the molecule is O=C([O-])N(CC1(CN(C(=O)[O-])c2cccc(C(F)(F)F)c2)CSc2c(ccc(Cl)c2Cl)C1=O)c1cccc(C(F)(F)F)c1. The Hall–Kier alpha value is -3.62. The van der Waals surface area contributed by atoms with Crippen LogP contribution in [-0.4, -0.2) is 36.8 Å². The molecule has 0 unspecified atom stereocenters. The van der Waals surface area contributed by atoms with Gasteiger partial charge in [0.2, 0.25) is 0 Å². The largest absolute Gasteiger partial charge is 0.530 e. The molecule has 1 aliphatic heterocycles. The fourth-order valence-electron chi connectivity index (χ4n) is 4.53. The van der Waals surface area contributed by atoms with Crippen molar-refractivity contribution < 1.29 is 50.9 Å². The molecule has 0 N–H and O–H groups in total. The Kier molecular flexibility index (Phi) is 8.87. The minimum atomic E-state index is -4.87. The number of nitrogens with zero attached hydrogens (tertiary/aromatic N) is 2. The molecule has 1 heterocycles. The van der Waals surface area contributed by atoms with Crippen molar-refractivity contribution >= 4 is 64.3 Å². The van der Waals surface area contributed by atoms with Gasteiger partial charge < -0.3 is 29.6 Å². The smallest absolute Gasteiger partial charge is 0.416 e. The van der Waals surface area contributed by atoms with Gasteiger partial charge in [-0.25, -0.2) is 0 Å². The second-order valence-corrected chi connectivity index (χ2v) is 11.2. The summed E-state index contributed by atoms with van der Waals surface area (Å²) in [6, 6.07) is 8.72. The van der Waals surface area contributed by atoms with Gasteiger partial charge in [-0.15, -0.1) is 11.8 Å². The van der Waals surface area contributed by atoms with Crippen molar-refractivity contribution in [2.75, 3.05) is 28.6 Å². The van der Waals surface area contributed by atoms with Crippen LogP contribution in [0.1, 0.15) is 21.5 Å². The third-order valence-electron chi connectivity index (χ3n) is 6.60. The molecule has 4 rings (SSSR count). The number of Topliss-reactive ketones (excluding diaryl/α,β-unsaturated/α-hetero) is 1. The number of carbonyl (C=O) groups excluding carboxylic acids is 3. The molecule has 0 saturated heterocycles. The number of hydrogen-bond donors (Lipinski definition) is 0. The van der Waals surface area contributed by atoms with Gasteiger partial charge in [-0.2, -0.15) is 26.3 Å². The summed E-state index contributed by atoms with van der Waals surface area (Å²) in [6.45, 7) is -1.91. The second-order valence-electron chi connectivity index (χ2n) is 9.44. The monoisotopic (exact) mass is 664 g/mol. The van der Waals surface area contributed by atoms with Gasteiger partial charge in [-0.05, 0) is 48.5 Å². The highest BCUT2D eigenvalue weighted by molar-refractivity contribution is 7.99. The van der Waals surface area contributed by atoms with Crippen LogP contribution in [0.2, 0.25) is 10.0 Å². The Morgan fingerprint density at radius 3 is 1.70 bits per heavy atom. The van der Waals surface area contributed by atoms with E-state index in [0.29, 0.717) is 34.1 Å². The van der Waals surface area contributed by atoms with Crippen molar-refractivity contribution in [2.24, 2.45) is 5.41 Å². The normalized spacial score (nSPS) is 14.7. The first-order valence-corrected chi connectivity index (χ1v) is 13.7. The van der Waals surface area contributed by atoms with Crippen LogP contribution < -0.4 is 20.0 Å². The number of rotatable bonds is 6. The number of carbonyl (C=O) groups is 3. The second kappa shape index (κ2) is 11.8. The maximum atomic E-state index is 14.1. The van der Waals surface area contributed by atoms with Crippen molar-refractivity contribution in [3.63, 3.8) is 0 Å².